The normalized spacial score (nSPS) is 12.4. The fourth-order valence-electron chi connectivity index (χ4n) is 1.15. The van der Waals surface area contributed by atoms with Crippen LogP contribution in [0.5, 0.6) is 5.75 Å². The van der Waals surface area contributed by atoms with Crippen molar-refractivity contribution < 1.29 is 9.84 Å². The van der Waals surface area contributed by atoms with Gasteiger partial charge in [0.05, 0.1) is 12.7 Å². The summed E-state index contributed by atoms with van der Waals surface area (Å²) < 4.78 is 5.38. The SMILES string of the molecule is CCOc1ccc(N)c(SCC(O)CN)c1. The number of nitrogens with two attached hydrogens (primary N) is 2. The zero-order valence-electron chi connectivity index (χ0n) is 9.35. The molecule has 1 aromatic carbocycles. The van der Waals surface area contributed by atoms with E-state index < -0.39 is 6.10 Å². The molecule has 5 heteroatoms. The molecule has 16 heavy (non-hydrogen) atoms. The monoisotopic (exact) mass is 242 g/mol. The van der Waals surface area contributed by atoms with Gasteiger partial charge < -0.3 is 21.3 Å². The molecule has 0 saturated carbocycles. The Kier molecular flexibility index (Phi) is 5.45. The maximum absolute atomic E-state index is 9.36. The van der Waals surface area contributed by atoms with Gasteiger partial charge in [-0.15, -0.1) is 11.8 Å². The van der Waals surface area contributed by atoms with Gasteiger partial charge in [-0.1, -0.05) is 0 Å². The summed E-state index contributed by atoms with van der Waals surface area (Å²) in [4.78, 5) is 0.915. The molecule has 4 nitrogen and oxygen atoms in total. The number of aliphatic hydroxyl groups excluding tert-OH is 1. The Morgan fingerprint density at radius 3 is 2.88 bits per heavy atom. The third-order valence-electron chi connectivity index (χ3n) is 2.00. The predicted octanol–water partition coefficient (Wildman–Crippen LogP) is 1.08. The number of hydrogen-bond donors (Lipinski definition) is 3. The van der Waals surface area contributed by atoms with Crippen LogP contribution in [-0.2, 0) is 0 Å². The maximum atomic E-state index is 9.36. The number of ether oxygens (including phenoxy) is 1. The predicted molar refractivity (Wildman–Crippen MR) is 67.8 cm³/mol. The lowest BCUT2D eigenvalue weighted by molar-refractivity contribution is 0.208. The molecule has 0 aromatic heterocycles. The fraction of sp³-hybridized carbons (Fsp3) is 0.455. The molecule has 5 N–H and O–H groups in total. The van der Waals surface area contributed by atoms with Gasteiger partial charge in [0.2, 0.25) is 0 Å². The van der Waals surface area contributed by atoms with Crippen molar-refractivity contribution in [1.82, 2.24) is 0 Å². The number of rotatable bonds is 6. The van der Waals surface area contributed by atoms with E-state index in [1.54, 1.807) is 0 Å². The van der Waals surface area contributed by atoms with Crippen molar-refractivity contribution in [3.63, 3.8) is 0 Å². The van der Waals surface area contributed by atoms with Gasteiger partial charge >= 0.3 is 0 Å². The molecule has 0 spiro atoms. The lowest BCUT2D eigenvalue weighted by atomic mass is 10.3. The average Bonchev–Trinajstić information content (AvgIpc) is 2.29. The van der Waals surface area contributed by atoms with Crippen molar-refractivity contribution in [3.05, 3.63) is 18.2 Å². The molecule has 1 atom stereocenters. The molecule has 0 bridgehead atoms. The maximum Gasteiger partial charge on any atom is 0.120 e. The van der Waals surface area contributed by atoms with Gasteiger partial charge in [-0.05, 0) is 25.1 Å². The first-order chi connectivity index (χ1) is 7.67. The first kappa shape index (κ1) is 13.2. The molecule has 0 aliphatic carbocycles. The zero-order valence-corrected chi connectivity index (χ0v) is 10.2. The molecule has 90 valence electrons. The first-order valence-corrected chi connectivity index (χ1v) is 6.19. The summed E-state index contributed by atoms with van der Waals surface area (Å²) in [5.41, 5.74) is 11.8. The van der Waals surface area contributed by atoms with Gasteiger partial charge in [-0.2, -0.15) is 0 Å². The molecule has 1 rings (SSSR count). The minimum absolute atomic E-state index is 0.262. The molecule has 0 fully saturated rings. The highest BCUT2D eigenvalue weighted by Gasteiger charge is 2.06. The lowest BCUT2D eigenvalue weighted by Gasteiger charge is -2.11. The summed E-state index contributed by atoms with van der Waals surface area (Å²) in [6.07, 6.45) is -0.500. The van der Waals surface area contributed by atoms with E-state index in [1.165, 1.54) is 11.8 Å². The Morgan fingerprint density at radius 2 is 2.25 bits per heavy atom. The van der Waals surface area contributed by atoms with Crippen LogP contribution in [0.2, 0.25) is 0 Å². The van der Waals surface area contributed by atoms with E-state index >= 15 is 0 Å². The molecular formula is C11H18N2O2S. The Bertz CT molecular complexity index is 334. The zero-order chi connectivity index (χ0) is 12.0. The number of aliphatic hydroxyl groups is 1. The molecule has 0 saturated heterocycles. The fourth-order valence-corrected chi connectivity index (χ4v) is 2.09. The summed E-state index contributed by atoms with van der Waals surface area (Å²) in [5.74, 6) is 1.33. The number of nitrogen functional groups attached to an aromatic ring is 1. The Balaban J connectivity index is 2.66. The van der Waals surface area contributed by atoms with Crippen LogP contribution in [0.15, 0.2) is 23.1 Å². The van der Waals surface area contributed by atoms with Gasteiger partial charge in [-0.25, -0.2) is 0 Å². The van der Waals surface area contributed by atoms with Gasteiger partial charge in [-0.3, -0.25) is 0 Å². The molecular weight excluding hydrogens is 224 g/mol. The summed E-state index contributed by atoms with van der Waals surface area (Å²) in [7, 11) is 0. The van der Waals surface area contributed by atoms with Gasteiger partial charge in [0.1, 0.15) is 5.75 Å². The van der Waals surface area contributed by atoms with Crippen molar-refractivity contribution >= 4 is 17.4 Å². The van der Waals surface area contributed by atoms with Crippen molar-refractivity contribution in [1.29, 1.82) is 0 Å². The molecule has 0 aliphatic heterocycles. The van der Waals surface area contributed by atoms with Crippen molar-refractivity contribution in [3.8, 4) is 5.75 Å². The van der Waals surface area contributed by atoms with E-state index in [-0.39, 0.29) is 6.54 Å². The third kappa shape index (κ3) is 3.92. The van der Waals surface area contributed by atoms with Gasteiger partial charge in [0, 0.05) is 22.9 Å². The van der Waals surface area contributed by atoms with Crippen LogP contribution in [0, 0.1) is 0 Å². The quantitative estimate of drug-likeness (QED) is 0.513. The van der Waals surface area contributed by atoms with Crippen LogP contribution in [-0.4, -0.2) is 30.1 Å². The number of anilines is 1. The van der Waals surface area contributed by atoms with Crippen molar-refractivity contribution in [2.24, 2.45) is 5.73 Å². The second kappa shape index (κ2) is 6.62. The number of benzene rings is 1. The Labute approximate surface area is 100.0 Å². The van der Waals surface area contributed by atoms with Crippen LogP contribution in [0.1, 0.15) is 6.92 Å². The van der Waals surface area contributed by atoms with Crippen LogP contribution in [0.25, 0.3) is 0 Å². The highest BCUT2D eigenvalue weighted by Crippen LogP contribution is 2.29. The van der Waals surface area contributed by atoms with Crippen molar-refractivity contribution in [2.45, 2.75) is 17.9 Å². The second-order valence-corrected chi connectivity index (χ2v) is 4.40. The van der Waals surface area contributed by atoms with Crippen LogP contribution in [0.3, 0.4) is 0 Å². The summed E-state index contributed by atoms with van der Waals surface area (Å²) in [5, 5.41) is 9.36. The van der Waals surface area contributed by atoms with E-state index in [2.05, 4.69) is 0 Å². The largest absolute Gasteiger partial charge is 0.494 e. The summed E-state index contributed by atoms with van der Waals surface area (Å²) in [6.45, 7) is 2.82. The smallest absolute Gasteiger partial charge is 0.120 e. The molecule has 1 aromatic rings. The number of thioether (sulfide) groups is 1. The highest BCUT2D eigenvalue weighted by molar-refractivity contribution is 7.99. The molecule has 1 unspecified atom stereocenters. The molecule has 0 aliphatic rings. The lowest BCUT2D eigenvalue weighted by Crippen LogP contribution is -2.21. The average molecular weight is 242 g/mol. The summed E-state index contributed by atoms with van der Waals surface area (Å²) in [6, 6.07) is 5.52. The van der Waals surface area contributed by atoms with Gasteiger partial charge in [0.15, 0.2) is 0 Å². The Morgan fingerprint density at radius 1 is 1.50 bits per heavy atom. The van der Waals surface area contributed by atoms with E-state index in [0.717, 1.165) is 10.6 Å². The first-order valence-electron chi connectivity index (χ1n) is 5.20. The van der Waals surface area contributed by atoms with Crippen LogP contribution in [0.4, 0.5) is 5.69 Å². The van der Waals surface area contributed by atoms with E-state index in [0.29, 0.717) is 18.0 Å². The van der Waals surface area contributed by atoms with E-state index in [1.807, 2.05) is 25.1 Å². The molecule has 0 amide bonds. The number of hydrogen-bond acceptors (Lipinski definition) is 5. The summed E-state index contributed by atoms with van der Waals surface area (Å²) >= 11 is 1.48. The second-order valence-electron chi connectivity index (χ2n) is 3.33. The molecule has 0 radical (unpaired) electrons. The minimum atomic E-state index is -0.500. The van der Waals surface area contributed by atoms with E-state index in [9.17, 15) is 5.11 Å². The van der Waals surface area contributed by atoms with Crippen LogP contribution < -0.4 is 16.2 Å². The minimum Gasteiger partial charge on any atom is -0.494 e. The molecule has 0 heterocycles. The third-order valence-corrected chi connectivity index (χ3v) is 3.22. The van der Waals surface area contributed by atoms with E-state index in [4.69, 9.17) is 16.2 Å². The topological polar surface area (TPSA) is 81.5 Å². The standard InChI is InChI=1S/C11H18N2O2S/c1-2-15-9-3-4-10(13)11(5-9)16-7-8(14)6-12/h3-5,8,14H,2,6-7,12-13H2,1H3. The van der Waals surface area contributed by atoms with Crippen LogP contribution >= 0.6 is 11.8 Å². The highest BCUT2D eigenvalue weighted by atomic mass is 32.2. The van der Waals surface area contributed by atoms with Gasteiger partial charge in [0.25, 0.3) is 0 Å². The Hall–Kier alpha value is -0.910. The van der Waals surface area contributed by atoms with Crippen molar-refractivity contribution in [2.75, 3.05) is 24.6 Å².